The maximum atomic E-state index is 14.1. The molecule has 0 amide bonds. The minimum atomic E-state index is -0.983. The molecule has 1 aromatic heterocycles. The second kappa shape index (κ2) is 8.08. The normalized spacial score (nSPS) is 13.2. The molecule has 2 atom stereocenters. The number of aromatic nitrogens is 2. The lowest BCUT2D eigenvalue weighted by molar-refractivity contribution is 0.212. The van der Waals surface area contributed by atoms with Gasteiger partial charge >= 0.3 is 0 Å². The zero-order chi connectivity index (χ0) is 20.4. The number of aliphatic hydroxyl groups excluding tert-OH is 1. The topological polar surface area (TPSA) is 81.3 Å². The average molecular weight is 405 g/mol. The molecule has 3 rings (SSSR count). The summed E-state index contributed by atoms with van der Waals surface area (Å²) in [5.74, 6) is -1.58. The zero-order valence-electron chi connectivity index (χ0n) is 14.9. The van der Waals surface area contributed by atoms with E-state index in [1.54, 1.807) is 24.3 Å². The van der Waals surface area contributed by atoms with Gasteiger partial charge in [0.2, 0.25) is 0 Å². The van der Waals surface area contributed by atoms with Crippen LogP contribution < -0.4 is 10.5 Å². The number of anilines is 1. The van der Waals surface area contributed by atoms with Crippen LogP contribution in [0.25, 0.3) is 11.3 Å². The Hall–Kier alpha value is -2.77. The molecule has 2 aromatic carbocycles. The van der Waals surface area contributed by atoms with Gasteiger partial charge in [-0.2, -0.15) is 0 Å². The minimum Gasteiger partial charge on any atom is -0.467 e. The maximum Gasteiger partial charge on any atom is 0.258 e. The molecule has 0 aliphatic heterocycles. The third-order valence-corrected chi connectivity index (χ3v) is 4.52. The quantitative estimate of drug-likeness (QED) is 0.604. The first-order chi connectivity index (χ1) is 13.3. The van der Waals surface area contributed by atoms with Crippen LogP contribution in [-0.2, 0) is 0 Å². The van der Waals surface area contributed by atoms with E-state index in [2.05, 4.69) is 16.9 Å². The van der Waals surface area contributed by atoms with Crippen molar-refractivity contribution in [3.8, 4) is 17.1 Å². The molecule has 0 spiro atoms. The van der Waals surface area contributed by atoms with Gasteiger partial charge in [-0.15, -0.1) is 0 Å². The number of ether oxygens (including phenoxy) is 1. The Morgan fingerprint density at radius 1 is 1.18 bits per heavy atom. The molecule has 28 heavy (non-hydrogen) atoms. The van der Waals surface area contributed by atoms with E-state index in [0.717, 1.165) is 12.1 Å². The van der Waals surface area contributed by atoms with Gasteiger partial charge in [0.05, 0.1) is 23.0 Å². The Labute approximate surface area is 165 Å². The van der Waals surface area contributed by atoms with Crippen molar-refractivity contribution >= 4 is 17.4 Å². The van der Waals surface area contributed by atoms with Crippen molar-refractivity contribution in [1.29, 1.82) is 0 Å². The molecule has 8 heteroatoms. The highest BCUT2D eigenvalue weighted by Crippen LogP contribution is 2.34. The number of nitrogens with two attached hydrogens (primary N) is 1. The molecule has 3 N–H and O–H groups in total. The largest absolute Gasteiger partial charge is 0.467 e. The van der Waals surface area contributed by atoms with Crippen LogP contribution >= 0.6 is 11.6 Å². The first kappa shape index (κ1) is 20.0. The summed E-state index contributed by atoms with van der Waals surface area (Å²) < 4.78 is 33.5. The van der Waals surface area contributed by atoms with Gasteiger partial charge in [-0.1, -0.05) is 35.9 Å². The number of nitrogen functional groups attached to an aromatic ring is 1. The van der Waals surface area contributed by atoms with Crippen molar-refractivity contribution in [2.24, 2.45) is 0 Å². The van der Waals surface area contributed by atoms with Crippen LogP contribution in [-0.4, -0.2) is 15.1 Å². The Morgan fingerprint density at radius 2 is 1.86 bits per heavy atom. The number of aliphatic hydroxyl groups is 1. The van der Waals surface area contributed by atoms with Gasteiger partial charge in [0.1, 0.15) is 17.7 Å². The van der Waals surface area contributed by atoms with Crippen LogP contribution in [0.3, 0.4) is 0 Å². The van der Waals surface area contributed by atoms with E-state index in [-0.39, 0.29) is 22.3 Å². The predicted octanol–water partition coefficient (Wildman–Crippen LogP) is 4.66. The molecule has 0 bridgehead atoms. The maximum absolute atomic E-state index is 14.1. The molecule has 5 nitrogen and oxygen atoms in total. The van der Waals surface area contributed by atoms with Crippen LogP contribution in [0.5, 0.6) is 5.88 Å². The summed E-state index contributed by atoms with van der Waals surface area (Å²) in [5.41, 5.74) is 7.19. The highest BCUT2D eigenvalue weighted by atomic mass is 35.5. The molecule has 3 aromatic rings. The van der Waals surface area contributed by atoms with E-state index in [1.165, 1.54) is 13.1 Å². The predicted molar refractivity (Wildman–Crippen MR) is 103 cm³/mol. The smallest absolute Gasteiger partial charge is 0.258 e. The number of halogens is 3. The van der Waals surface area contributed by atoms with Crippen molar-refractivity contribution in [2.45, 2.75) is 19.1 Å². The van der Waals surface area contributed by atoms with Crippen LogP contribution in [0.4, 0.5) is 14.6 Å². The SMILES string of the molecule is [CH2]C(O)c1ccccc1-c1cnc(N)c(OC(C)c2c(F)ccc(F)c2Cl)n1. The third kappa shape index (κ3) is 3.90. The van der Waals surface area contributed by atoms with Gasteiger partial charge in [-0.25, -0.2) is 18.7 Å². The Balaban J connectivity index is 1.99. The lowest BCUT2D eigenvalue weighted by Crippen LogP contribution is -2.11. The Kier molecular flexibility index (Phi) is 5.76. The van der Waals surface area contributed by atoms with Crippen molar-refractivity contribution in [2.75, 3.05) is 5.73 Å². The number of rotatable bonds is 5. The number of nitrogens with zero attached hydrogens (tertiary/aromatic N) is 2. The second-order valence-electron chi connectivity index (χ2n) is 6.07. The Morgan fingerprint density at radius 3 is 2.57 bits per heavy atom. The summed E-state index contributed by atoms with van der Waals surface area (Å²) in [6.45, 7) is 5.10. The first-order valence-corrected chi connectivity index (χ1v) is 8.70. The molecule has 0 saturated carbocycles. The van der Waals surface area contributed by atoms with Gasteiger partial charge in [-0.3, -0.25) is 0 Å². The van der Waals surface area contributed by atoms with Crippen molar-refractivity contribution in [3.05, 3.63) is 77.3 Å². The fourth-order valence-electron chi connectivity index (χ4n) is 2.76. The van der Waals surface area contributed by atoms with Crippen LogP contribution in [0.15, 0.2) is 42.6 Å². The summed E-state index contributed by atoms with van der Waals surface area (Å²) in [6.07, 6.45) is -0.535. The molecular weight excluding hydrogens is 388 g/mol. The van der Waals surface area contributed by atoms with Crippen LogP contribution in [0.2, 0.25) is 5.02 Å². The molecule has 0 aliphatic rings. The molecule has 0 fully saturated rings. The van der Waals surface area contributed by atoms with Crippen molar-refractivity contribution in [1.82, 2.24) is 9.97 Å². The highest BCUT2D eigenvalue weighted by molar-refractivity contribution is 6.31. The van der Waals surface area contributed by atoms with Crippen molar-refractivity contribution < 1.29 is 18.6 Å². The van der Waals surface area contributed by atoms with Crippen LogP contribution in [0.1, 0.15) is 30.3 Å². The van der Waals surface area contributed by atoms with Gasteiger partial charge < -0.3 is 15.6 Å². The average Bonchev–Trinajstić information content (AvgIpc) is 2.67. The molecule has 145 valence electrons. The summed E-state index contributed by atoms with van der Waals surface area (Å²) >= 11 is 5.89. The van der Waals surface area contributed by atoms with E-state index in [9.17, 15) is 13.9 Å². The third-order valence-electron chi connectivity index (χ3n) is 4.14. The van der Waals surface area contributed by atoms with Gasteiger partial charge in [0.25, 0.3) is 5.88 Å². The van der Waals surface area contributed by atoms with Gasteiger partial charge in [0, 0.05) is 11.1 Å². The molecule has 1 heterocycles. The van der Waals surface area contributed by atoms with Crippen LogP contribution in [0, 0.1) is 18.6 Å². The minimum absolute atomic E-state index is 0.0313. The molecule has 0 saturated heterocycles. The second-order valence-corrected chi connectivity index (χ2v) is 6.44. The zero-order valence-corrected chi connectivity index (χ0v) is 15.6. The number of benzene rings is 2. The molecule has 1 radical (unpaired) electrons. The van der Waals surface area contributed by atoms with E-state index in [4.69, 9.17) is 22.1 Å². The number of hydrogen-bond donors (Lipinski definition) is 2. The molecule has 2 unspecified atom stereocenters. The van der Waals surface area contributed by atoms with E-state index < -0.39 is 23.8 Å². The lowest BCUT2D eigenvalue weighted by atomic mass is 10.0. The standard InChI is InChI=1S/C20H17ClF2N3O2/c1-10(27)12-5-3-4-6-13(12)16-9-25-19(24)20(26-16)28-11(2)17-14(22)7-8-15(23)18(17)21/h3-11,27H,1H2,2H3,(H2,24,25). The summed E-state index contributed by atoms with van der Waals surface area (Å²) in [5, 5.41) is 9.49. The van der Waals surface area contributed by atoms with Gasteiger partial charge in [0.15, 0.2) is 5.82 Å². The van der Waals surface area contributed by atoms with E-state index in [0.29, 0.717) is 16.8 Å². The Bertz CT molecular complexity index is 1010. The summed E-state index contributed by atoms with van der Waals surface area (Å²) in [4.78, 5) is 8.38. The highest BCUT2D eigenvalue weighted by Gasteiger charge is 2.22. The molecule has 0 aliphatic carbocycles. The molecular formula is C20H17ClF2N3O2. The van der Waals surface area contributed by atoms with Gasteiger partial charge in [-0.05, 0) is 31.5 Å². The summed E-state index contributed by atoms with van der Waals surface area (Å²) in [7, 11) is 0. The van der Waals surface area contributed by atoms with E-state index >= 15 is 0 Å². The fraction of sp³-hybridized carbons (Fsp3) is 0.150. The monoisotopic (exact) mass is 404 g/mol. The van der Waals surface area contributed by atoms with E-state index in [1.807, 2.05) is 0 Å². The fourth-order valence-corrected chi connectivity index (χ4v) is 3.07. The summed E-state index contributed by atoms with van der Waals surface area (Å²) in [6, 6.07) is 8.87. The first-order valence-electron chi connectivity index (χ1n) is 8.32. The van der Waals surface area contributed by atoms with Crippen molar-refractivity contribution in [3.63, 3.8) is 0 Å². The number of hydrogen-bond acceptors (Lipinski definition) is 5. The lowest BCUT2D eigenvalue weighted by Gasteiger charge is -2.18.